The largest absolute Gasteiger partial charge is 0.344 e. The lowest BCUT2D eigenvalue weighted by molar-refractivity contribution is 1.01. The number of hydrogen-bond acceptors (Lipinski definition) is 2. The van der Waals surface area contributed by atoms with Crippen LogP contribution in [0.2, 0.25) is 0 Å². The molecule has 0 aliphatic carbocycles. The Labute approximate surface area is 178 Å². The minimum atomic E-state index is 0.593. The van der Waals surface area contributed by atoms with E-state index >= 15 is 0 Å². The molecule has 0 unspecified atom stereocenters. The molecule has 31 heavy (non-hydrogen) atoms. The van der Waals surface area contributed by atoms with Gasteiger partial charge in [-0.3, -0.25) is 0 Å². The van der Waals surface area contributed by atoms with Gasteiger partial charge >= 0.3 is 0 Å². The molecular weight excluding hydrogens is 380 g/mol. The lowest BCUT2D eigenvalue weighted by atomic mass is 10.1. The first-order valence-corrected chi connectivity index (χ1v) is 10.1. The summed E-state index contributed by atoms with van der Waals surface area (Å²) in [5.41, 5.74) is 6.11. The van der Waals surface area contributed by atoms with Gasteiger partial charge in [0.25, 0.3) is 0 Å². The second-order valence-corrected chi connectivity index (χ2v) is 7.74. The first-order chi connectivity index (χ1) is 15.2. The van der Waals surface area contributed by atoms with E-state index in [9.17, 15) is 10.5 Å². The predicted molar refractivity (Wildman–Crippen MR) is 124 cm³/mol. The average molecular weight is 396 g/mol. The highest BCUT2D eigenvalue weighted by Crippen LogP contribution is 2.37. The molecule has 0 aliphatic rings. The van der Waals surface area contributed by atoms with Crippen LogP contribution in [0.15, 0.2) is 78.9 Å². The summed E-state index contributed by atoms with van der Waals surface area (Å²) in [4.78, 5) is 0. The Morgan fingerprint density at radius 1 is 0.613 bits per heavy atom. The van der Waals surface area contributed by atoms with Crippen LogP contribution in [0.5, 0.6) is 0 Å². The Balaban J connectivity index is 1.83. The van der Waals surface area contributed by atoms with E-state index in [0.29, 0.717) is 11.1 Å². The Kier molecular flexibility index (Phi) is 3.48. The third kappa shape index (κ3) is 2.22. The maximum atomic E-state index is 9.84. The zero-order valence-electron chi connectivity index (χ0n) is 16.8. The topological polar surface area (TPSA) is 57.4 Å². The van der Waals surface area contributed by atoms with Gasteiger partial charge in [0.2, 0.25) is 0 Å². The second-order valence-electron chi connectivity index (χ2n) is 7.74. The molecule has 0 saturated carbocycles. The molecule has 144 valence electrons. The molecule has 6 rings (SSSR count). The fourth-order valence-electron chi connectivity index (χ4n) is 4.85. The third-order valence-electron chi connectivity index (χ3n) is 6.21. The van der Waals surface area contributed by atoms with Gasteiger partial charge in [0.05, 0.1) is 22.2 Å². The minimum Gasteiger partial charge on any atom is -0.344 e. The molecule has 0 atom stereocenters. The Bertz CT molecular complexity index is 1700. The highest BCUT2D eigenvalue weighted by Gasteiger charge is 2.19. The van der Waals surface area contributed by atoms with Crippen molar-refractivity contribution in [3.8, 4) is 17.8 Å². The molecule has 0 amide bonds. The van der Waals surface area contributed by atoms with Crippen molar-refractivity contribution in [3.63, 3.8) is 0 Å². The number of aryl methyl sites for hydroxylation is 1. The fourth-order valence-corrected chi connectivity index (χ4v) is 4.85. The quantitative estimate of drug-likeness (QED) is 0.334. The van der Waals surface area contributed by atoms with Crippen molar-refractivity contribution in [1.29, 1.82) is 10.5 Å². The van der Waals surface area contributed by atoms with Crippen molar-refractivity contribution >= 4 is 43.6 Å². The number of fused-ring (bicyclic) bond motifs is 6. The van der Waals surface area contributed by atoms with Gasteiger partial charge in [-0.1, -0.05) is 42.5 Å². The van der Waals surface area contributed by atoms with Crippen LogP contribution in [0.1, 0.15) is 11.1 Å². The van der Waals surface area contributed by atoms with Gasteiger partial charge in [0.15, 0.2) is 0 Å². The maximum Gasteiger partial charge on any atom is 0.101 e. The van der Waals surface area contributed by atoms with E-state index in [-0.39, 0.29) is 0 Å². The van der Waals surface area contributed by atoms with Crippen LogP contribution in [0.4, 0.5) is 0 Å². The molecule has 0 N–H and O–H groups in total. The number of aromatic nitrogens is 2. The van der Waals surface area contributed by atoms with Crippen molar-refractivity contribution in [3.05, 3.63) is 90.0 Å². The van der Waals surface area contributed by atoms with Crippen molar-refractivity contribution in [1.82, 2.24) is 9.13 Å². The van der Waals surface area contributed by atoms with Crippen molar-refractivity contribution in [2.75, 3.05) is 0 Å². The third-order valence-corrected chi connectivity index (χ3v) is 6.21. The molecule has 0 fully saturated rings. The van der Waals surface area contributed by atoms with E-state index in [1.165, 1.54) is 10.9 Å². The van der Waals surface area contributed by atoms with E-state index < -0.39 is 0 Å². The Hall–Kier alpha value is -4.54. The van der Waals surface area contributed by atoms with Gasteiger partial charge in [0.1, 0.15) is 12.1 Å². The van der Waals surface area contributed by atoms with Crippen molar-refractivity contribution in [2.24, 2.45) is 7.05 Å². The van der Waals surface area contributed by atoms with Crippen molar-refractivity contribution < 1.29 is 0 Å². The molecule has 0 bridgehead atoms. The van der Waals surface area contributed by atoms with E-state index in [1.807, 2.05) is 42.5 Å². The molecule has 6 aromatic rings. The minimum absolute atomic E-state index is 0.593. The molecule has 4 aromatic carbocycles. The Morgan fingerprint density at radius 3 is 1.84 bits per heavy atom. The molecule has 0 saturated heterocycles. The van der Waals surface area contributed by atoms with E-state index in [0.717, 1.165) is 38.4 Å². The maximum absolute atomic E-state index is 9.84. The number of hydrogen-bond donors (Lipinski definition) is 0. The summed E-state index contributed by atoms with van der Waals surface area (Å²) < 4.78 is 4.27. The molecule has 2 aromatic heterocycles. The molecule has 4 heteroatoms. The standard InChI is InChI=1S/C27H16N4/c1-30-24-11-3-2-8-20(24)23-14-19(12-13-25(23)30)31-26-17(15-28)6-4-9-21(26)22-10-5-7-18(16-29)27(22)31/h2-14H,1H3. The number of para-hydroxylation sites is 3. The van der Waals surface area contributed by atoms with Crippen molar-refractivity contribution in [2.45, 2.75) is 0 Å². The number of benzene rings is 4. The molecule has 0 spiro atoms. The van der Waals surface area contributed by atoms with E-state index in [4.69, 9.17) is 0 Å². The molecule has 0 radical (unpaired) electrons. The van der Waals surface area contributed by atoms with E-state index in [1.54, 1.807) is 0 Å². The van der Waals surface area contributed by atoms with Gasteiger partial charge in [-0.2, -0.15) is 10.5 Å². The summed E-state index contributed by atoms with van der Waals surface area (Å²) in [7, 11) is 2.08. The van der Waals surface area contributed by atoms with Crippen LogP contribution in [0.25, 0.3) is 49.3 Å². The lowest BCUT2D eigenvalue weighted by Crippen LogP contribution is -1.97. The molecule has 0 aliphatic heterocycles. The van der Waals surface area contributed by atoms with Crippen LogP contribution in [-0.4, -0.2) is 9.13 Å². The Morgan fingerprint density at radius 2 is 1.19 bits per heavy atom. The summed E-state index contributed by atoms with van der Waals surface area (Å²) in [5, 5.41) is 24.0. The number of rotatable bonds is 1. The lowest BCUT2D eigenvalue weighted by Gasteiger charge is -2.10. The smallest absolute Gasteiger partial charge is 0.101 e. The zero-order chi connectivity index (χ0) is 21.1. The summed E-state index contributed by atoms with van der Waals surface area (Å²) in [6.45, 7) is 0. The molecular formula is C27H16N4. The van der Waals surface area contributed by atoms with Crippen LogP contribution >= 0.6 is 0 Å². The number of nitriles is 2. The first kappa shape index (κ1) is 17.3. The highest BCUT2D eigenvalue weighted by atomic mass is 15.0. The van der Waals surface area contributed by atoms with Crippen LogP contribution < -0.4 is 0 Å². The monoisotopic (exact) mass is 396 g/mol. The van der Waals surface area contributed by atoms with Crippen LogP contribution in [-0.2, 0) is 7.05 Å². The second kappa shape index (κ2) is 6.23. The molecule has 2 heterocycles. The summed E-state index contributed by atoms with van der Waals surface area (Å²) in [6.07, 6.45) is 0. The summed E-state index contributed by atoms with van der Waals surface area (Å²) >= 11 is 0. The van der Waals surface area contributed by atoms with E-state index in [2.05, 4.69) is 64.7 Å². The normalized spacial score (nSPS) is 11.3. The molecule has 4 nitrogen and oxygen atoms in total. The van der Waals surface area contributed by atoms with Gasteiger partial charge in [-0.25, -0.2) is 0 Å². The SMILES string of the molecule is Cn1c2ccccc2c2cc(-n3c4c(C#N)cccc4c4cccc(C#N)c43)ccc21. The highest BCUT2D eigenvalue weighted by molar-refractivity contribution is 6.13. The average Bonchev–Trinajstić information content (AvgIpc) is 3.31. The number of nitrogens with zero attached hydrogens (tertiary/aromatic N) is 4. The fraction of sp³-hybridized carbons (Fsp3) is 0.0370. The summed E-state index contributed by atoms with van der Waals surface area (Å²) in [5.74, 6) is 0. The van der Waals surface area contributed by atoms with Gasteiger partial charge < -0.3 is 9.13 Å². The van der Waals surface area contributed by atoms with Crippen LogP contribution in [0, 0.1) is 22.7 Å². The predicted octanol–water partition coefficient (Wildman–Crippen LogP) is 6.17. The zero-order valence-corrected chi connectivity index (χ0v) is 16.8. The van der Waals surface area contributed by atoms with Crippen LogP contribution in [0.3, 0.4) is 0 Å². The summed E-state index contributed by atoms with van der Waals surface area (Å²) in [6, 6.07) is 30.9. The van der Waals surface area contributed by atoms with Gasteiger partial charge in [-0.15, -0.1) is 0 Å². The van der Waals surface area contributed by atoms with Gasteiger partial charge in [0, 0.05) is 45.3 Å². The van der Waals surface area contributed by atoms with Gasteiger partial charge in [-0.05, 0) is 36.4 Å². The first-order valence-electron chi connectivity index (χ1n) is 10.1.